The number of aromatic nitrogens is 2. The maximum absolute atomic E-state index is 5.85. The summed E-state index contributed by atoms with van der Waals surface area (Å²) in [7, 11) is 0. The molecule has 4 heteroatoms. The van der Waals surface area contributed by atoms with Crippen LogP contribution in [0.1, 0.15) is 12.7 Å². The molecule has 2 rings (SSSR count). The number of rotatable bonds is 2. The van der Waals surface area contributed by atoms with Gasteiger partial charge in [-0.2, -0.15) is 0 Å². The molecule has 0 radical (unpaired) electrons. The predicted molar refractivity (Wildman–Crippen MR) is 54.1 cm³/mol. The summed E-state index contributed by atoms with van der Waals surface area (Å²) in [6, 6.07) is 5.36. The first-order valence-electron chi connectivity index (χ1n) is 4.37. The van der Waals surface area contributed by atoms with E-state index in [9.17, 15) is 0 Å². The molecule has 0 atom stereocenters. The van der Waals surface area contributed by atoms with Gasteiger partial charge in [-0.05, 0) is 12.1 Å². The average molecular weight is 209 g/mol. The maximum atomic E-state index is 5.85. The summed E-state index contributed by atoms with van der Waals surface area (Å²) < 4.78 is 5.23. The third-order valence-corrected chi connectivity index (χ3v) is 2.02. The summed E-state index contributed by atoms with van der Waals surface area (Å²) >= 11 is 5.85. The van der Waals surface area contributed by atoms with E-state index in [4.69, 9.17) is 16.0 Å². The first kappa shape index (κ1) is 9.21. The Bertz CT molecular complexity index is 426. The standard InChI is InChI=1S/C10H9ClN2O/c1-2-10-12-7(6-9(11)13-10)8-4-3-5-14-8/h3-6H,2H2,1H3. The topological polar surface area (TPSA) is 38.9 Å². The van der Waals surface area contributed by atoms with E-state index < -0.39 is 0 Å². The van der Waals surface area contributed by atoms with Crippen LogP contribution in [-0.4, -0.2) is 9.97 Å². The van der Waals surface area contributed by atoms with E-state index in [0.29, 0.717) is 10.9 Å². The Morgan fingerprint density at radius 2 is 2.29 bits per heavy atom. The van der Waals surface area contributed by atoms with E-state index in [1.807, 2.05) is 19.1 Å². The summed E-state index contributed by atoms with van der Waals surface area (Å²) in [5.41, 5.74) is 0.729. The van der Waals surface area contributed by atoms with Crippen molar-refractivity contribution in [3.8, 4) is 11.5 Å². The van der Waals surface area contributed by atoms with Gasteiger partial charge in [-0.3, -0.25) is 0 Å². The Hall–Kier alpha value is -1.35. The smallest absolute Gasteiger partial charge is 0.152 e. The molecule has 2 aromatic rings. The third-order valence-electron chi connectivity index (χ3n) is 1.83. The van der Waals surface area contributed by atoms with Gasteiger partial charge in [-0.15, -0.1) is 0 Å². The average Bonchev–Trinajstić information content (AvgIpc) is 2.69. The molecule has 3 nitrogen and oxygen atoms in total. The Morgan fingerprint density at radius 3 is 2.93 bits per heavy atom. The minimum atomic E-state index is 0.447. The molecule has 0 aliphatic heterocycles. The van der Waals surface area contributed by atoms with Gasteiger partial charge >= 0.3 is 0 Å². The van der Waals surface area contributed by atoms with Crippen molar-refractivity contribution in [1.29, 1.82) is 0 Å². The third kappa shape index (κ3) is 1.77. The van der Waals surface area contributed by atoms with E-state index in [-0.39, 0.29) is 0 Å². The predicted octanol–water partition coefficient (Wildman–Crippen LogP) is 2.95. The first-order valence-corrected chi connectivity index (χ1v) is 4.74. The van der Waals surface area contributed by atoms with Crippen LogP contribution in [0.2, 0.25) is 5.15 Å². The highest BCUT2D eigenvalue weighted by molar-refractivity contribution is 6.29. The highest BCUT2D eigenvalue weighted by Crippen LogP contribution is 2.20. The van der Waals surface area contributed by atoms with E-state index in [2.05, 4.69) is 9.97 Å². The Morgan fingerprint density at radius 1 is 1.43 bits per heavy atom. The van der Waals surface area contributed by atoms with Gasteiger partial charge in [-0.25, -0.2) is 9.97 Å². The summed E-state index contributed by atoms with van der Waals surface area (Å²) in [5.74, 6) is 1.44. The molecular weight excluding hydrogens is 200 g/mol. The summed E-state index contributed by atoms with van der Waals surface area (Å²) in [5, 5.41) is 0.447. The Kier molecular flexibility index (Phi) is 2.50. The molecule has 0 bridgehead atoms. The van der Waals surface area contributed by atoms with Crippen molar-refractivity contribution in [3.05, 3.63) is 35.4 Å². The lowest BCUT2D eigenvalue weighted by molar-refractivity contribution is 0.579. The van der Waals surface area contributed by atoms with Crippen molar-refractivity contribution >= 4 is 11.6 Å². The Labute approximate surface area is 86.8 Å². The summed E-state index contributed by atoms with van der Waals surface area (Å²) in [6.45, 7) is 1.98. The van der Waals surface area contributed by atoms with Crippen LogP contribution in [0.3, 0.4) is 0 Å². The van der Waals surface area contributed by atoms with Crippen LogP contribution in [0.15, 0.2) is 28.9 Å². The van der Waals surface area contributed by atoms with Crippen LogP contribution in [-0.2, 0) is 6.42 Å². The quantitative estimate of drug-likeness (QED) is 0.713. The highest BCUT2D eigenvalue weighted by atomic mass is 35.5. The summed E-state index contributed by atoms with van der Waals surface area (Å²) in [6.07, 6.45) is 2.37. The Balaban J connectivity index is 2.48. The molecule has 0 fully saturated rings. The van der Waals surface area contributed by atoms with Gasteiger partial charge in [0.05, 0.1) is 6.26 Å². The van der Waals surface area contributed by atoms with Gasteiger partial charge in [0.15, 0.2) is 5.76 Å². The highest BCUT2D eigenvalue weighted by Gasteiger charge is 2.06. The van der Waals surface area contributed by atoms with Gasteiger partial charge in [0, 0.05) is 12.5 Å². The SMILES string of the molecule is CCc1nc(Cl)cc(-c2ccco2)n1. The number of hydrogen-bond acceptors (Lipinski definition) is 3. The van der Waals surface area contributed by atoms with Gasteiger partial charge < -0.3 is 4.42 Å². The van der Waals surface area contributed by atoms with Crippen LogP contribution < -0.4 is 0 Å². The second-order valence-electron chi connectivity index (χ2n) is 2.82. The molecule has 0 unspecified atom stereocenters. The largest absolute Gasteiger partial charge is 0.463 e. The zero-order chi connectivity index (χ0) is 9.97. The van der Waals surface area contributed by atoms with E-state index in [0.717, 1.165) is 17.9 Å². The molecule has 0 saturated carbocycles. The second kappa shape index (κ2) is 3.80. The van der Waals surface area contributed by atoms with E-state index >= 15 is 0 Å². The fourth-order valence-corrected chi connectivity index (χ4v) is 1.37. The second-order valence-corrected chi connectivity index (χ2v) is 3.21. The molecule has 0 aromatic carbocycles. The monoisotopic (exact) mass is 208 g/mol. The first-order chi connectivity index (χ1) is 6.79. The van der Waals surface area contributed by atoms with Gasteiger partial charge in [0.1, 0.15) is 16.7 Å². The number of halogens is 1. The minimum Gasteiger partial charge on any atom is -0.463 e. The van der Waals surface area contributed by atoms with Crippen molar-refractivity contribution in [1.82, 2.24) is 9.97 Å². The van der Waals surface area contributed by atoms with E-state index in [1.165, 1.54) is 0 Å². The van der Waals surface area contributed by atoms with Crippen LogP contribution in [0.25, 0.3) is 11.5 Å². The molecule has 72 valence electrons. The number of aryl methyl sites for hydroxylation is 1. The van der Waals surface area contributed by atoms with Crippen molar-refractivity contribution in [3.63, 3.8) is 0 Å². The maximum Gasteiger partial charge on any atom is 0.152 e. The van der Waals surface area contributed by atoms with Crippen molar-refractivity contribution in [2.24, 2.45) is 0 Å². The molecule has 0 N–H and O–H groups in total. The van der Waals surface area contributed by atoms with Gasteiger partial charge in [0.2, 0.25) is 0 Å². The number of hydrogen-bond donors (Lipinski definition) is 0. The van der Waals surface area contributed by atoms with Gasteiger partial charge in [-0.1, -0.05) is 18.5 Å². The van der Waals surface area contributed by atoms with E-state index in [1.54, 1.807) is 12.3 Å². The van der Waals surface area contributed by atoms with Crippen LogP contribution >= 0.6 is 11.6 Å². The molecule has 0 aliphatic rings. The summed E-state index contributed by atoms with van der Waals surface area (Å²) in [4.78, 5) is 8.38. The van der Waals surface area contributed by atoms with Crippen LogP contribution in [0, 0.1) is 0 Å². The van der Waals surface area contributed by atoms with Crippen LogP contribution in [0.4, 0.5) is 0 Å². The molecular formula is C10H9ClN2O. The molecule has 0 aliphatic carbocycles. The molecule has 2 heterocycles. The van der Waals surface area contributed by atoms with Crippen molar-refractivity contribution < 1.29 is 4.42 Å². The fraction of sp³-hybridized carbons (Fsp3) is 0.200. The lowest BCUT2D eigenvalue weighted by Gasteiger charge is -2.00. The molecule has 0 amide bonds. The number of furan rings is 1. The zero-order valence-corrected chi connectivity index (χ0v) is 8.45. The molecule has 0 spiro atoms. The lowest BCUT2D eigenvalue weighted by atomic mass is 10.3. The molecule has 14 heavy (non-hydrogen) atoms. The normalized spacial score (nSPS) is 10.4. The van der Waals surface area contributed by atoms with Crippen LogP contribution in [0.5, 0.6) is 0 Å². The zero-order valence-electron chi connectivity index (χ0n) is 7.70. The van der Waals surface area contributed by atoms with Gasteiger partial charge in [0.25, 0.3) is 0 Å². The van der Waals surface area contributed by atoms with Crippen molar-refractivity contribution in [2.75, 3.05) is 0 Å². The molecule has 2 aromatic heterocycles. The minimum absolute atomic E-state index is 0.447. The fourth-order valence-electron chi connectivity index (χ4n) is 1.17. The number of nitrogens with zero attached hydrogens (tertiary/aromatic N) is 2. The van der Waals surface area contributed by atoms with Crippen molar-refractivity contribution in [2.45, 2.75) is 13.3 Å². The molecule has 0 saturated heterocycles. The lowest BCUT2D eigenvalue weighted by Crippen LogP contribution is -1.94.